The van der Waals surface area contributed by atoms with E-state index in [1.165, 1.54) is 0 Å². The van der Waals surface area contributed by atoms with E-state index in [0.717, 1.165) is 0 Å². The van der Waals surface area contributed by atoms with E-state index in [1.54, 1.807) is 13.8 Å². The average Bonchev–Trinajstić information content (AvgIpc) is 2.36. The molecule has 0 bridgehead atoms. The van der Waals surface area contributed by atoms with Crippen LogP contribution in [0.2, 0.25) is 0 Å². The van der Waals surface area contributed by atoms with Crippen LogP contribution < -0.4 is 16.4 Å². The molecule has 0 saturated carbocycles. The topological polar surface area (TPSA) is 122 Å². The number of carboxylic acids is 1. The van der Waals surface area contributed by atoms with Crippen LogP contribution in [0.3, 0.4) is 0 Å². The molecule has 0 unspecified atom stereocenters. The Hall–Kier alpha value is -1.79. The van der Waals surface area contributed by atoms with Crippen molar-refractivity contribution in [3.63, 3.8) is 0 Å². The number of carboxylic acid groups (broad SMARTS) is 1. The van der Waals surface area contributed by atoms with Crippen molar-refractivity contribution in [3.8, 4) is 0 Å². The summed E-state index contributed by atoms with van der Waals surface area (Å²) in [6.45, 7) is 3.97. The molecule has 0 radical (unpaired) electrons. The Kier molecular flexibility index (Phi) is 7.55. The lowest BCUT2D eigenvalue weighted by molar-refractivity contribution is -0.149. The van der Waals surface area contributed by atoms with E-state index in [9.17, 15) is 19.5 Å². The number of hydrogen-bond acceptors (Lipinski definition) is 3. The molecule has 0 rings (SSSR count). The fourth-order valence-electron chi connectivity index (χ4n) is 1.65. The number of primary amides is 1. The summed E-state index contributed by atoms with van der Waals surface area (Å²) in [6.07, 6.45) is 1.57. The zero-order chi connectivity index (χ0) is 14.9. The monoisotopic (exact) mass is 273 g/mol. The van der Waals surface area contributed by atoms with Crippen LogP contribution in [0.25, 0.3) is 0 Å². The summed E-state index contributed by atoms with van der Waals surface area (Å²) in [7, 11) is 0. The summed E-state index contributed by atoms with van der Waals surface area (Å²) in [5.41, 5.74) is 4.04. The van der Waals surface area contributed by atoms with Crippen LogP contribution in [0, 0.1) is 5.41 Å². The minimum absolute atomic E-state index is 0.0803. The molecule has 0 fully saturated rings. The summed E-state index contributed by atoms with van der Waals surface area (Å²) in [5, 5.41) is 14.3. The Morgan fingerprint density at radius 3 is 2.16 bits per heavy atom. The van der Waals surface area contributed by atoms with Crippen LogP contribution in [-0.4, -0.2) is 36.1 Å². The van der Waals surface area contributed by atoms with Crippen LogP contribution in [0.1, 0.15) is 39.5 Å². The van der Waals surface area contributed by atoms with Crippen molar-refractivity contribution in [3.05, 3.63) is 0 Å². The molecule has 0 aliphatic rings. The van der Waals surface area contributed by atoms with Crippen molar-refractivity contribution in [2.24, 2.45) is 11.1 Å². The standard InChI is InChI=1S/C12H23N3O4/c1-3-12(4-2,10(17)18)8-15-11(19)14-7-5-6-9(13)16/h3-8H2,1-2H3,(H2,13,16)(H,17,18)(H2,14,15,19). The Balaban J connectivity index is 4.06. The molecule has 0 aromatic rings. The third kappa shape index (κ3) is 6.08. The fourth-order valence-corrected chi connectivity index (χ4v) is 1.65. The Morgan fingerprint density at radius 1 is 1.16 bits per heavy atom. The lowest BCUT2D eigenvalue weighted by Crippen LogP contribution is -2.46. The molecule has 5 N–H and O–H groups in total. The first-order valence-electron chi connectivity index (χ1n) is 6.41. The van der Waals surface area contributed by atoms with Gasteiger partial charge in [-0.2, -0.15) is 0 Å². The van der Waals surface area contributed by atoms with Crippen molar-refractivity contribution < 1.29 is 19.5 Å². The normalized spacial score (nSPS) is 10.8. The van der Waals surface area contributed by atoms with Gasteiger partial charge >= 0.3 is 12.0 Å². The molecule has 7 nitrogen and oxygen atoms in total. The lowest BCUT2D eigenvalue weighted by Gasteiger charge is -2.26. The van der Waals surface area contributed by atoms with Gasteiger partial charge in [0.2, 0.25) is 5.91 Å². The Labute approximate surface area is 112 Å². The number of urea groups is 1. The number of amides is 3. The second-order valence-electron chi connectivity index (χ2n) is 4.47. The number of carbonyl (C=O) groups is 3. The number of nitrogens with two attached hydrogens (primary N) is 1. The first-order chi connectivity index (χ1) is 8.88. The SMILES string of the molecule is CCC(CC)(CNC(=O)NCCCC(N)=O)C(=O)O. The molecular formula is C12H23N3O4. The molecule has 0 aromatic heterocycles. The number of carbonyl (C=O) groups excluding carboxylic acids is 2. The highest BCUT2D eigenvalue weighted by molar-refractivity contribution is 5.78. The number of nitrogens with one attached hydrogen (secondary N) is 2. The van der Waals surface area contributed by atoms with Gasteiger partial charge in [-0.3, -0.25) is 9.59 Å². The number of hydrogen-bond donors (Lipinski definition) is 4. The smallest absolute Gasteiger partial charge is 0.314 e. The van der Waals surface area contributed by atoms with Gasteiger partial charge in [-0.15, -0.1) is 0 Å². The molecule has 19 heavy (non-hydrogen) atoms. The van der Waals surface area contributed by atoms with Gasteiger partial charge < -0.3 is 21.5 Å². The van der Waals surface area contributed by atoms with Crippen molar-refractivity contribution in [1.29, 1.82) is 0 Å². The summed E-state index contributed by atoms with van der Waals surface area (Å²) >= 11 is 0. The lowest BCUT2D eigenvalue weighted by atomic mass is 9.82. The predicted octanol–water partition coefficient (Wildman–Crippen LogP) is 0.442. The van der Waals surface area contributed by atoms with Crippen molar-refractivity contribution in [2.75, 3.05) is 13.1 Å². The van der Waals surface area contributed by atoms with Gasteiger partial charge in [-0.05, 0) is 19.3 Å². The molecule has 0 saturated heterocycles. The highest BCUT2D eigenvalue weighted by Gasteiger charge is 2.35. The molecule has 0 atom stereocenters. The van der Waals surface area contributed by atoms with E-state index >= 15 is 0 Å². The molecule has 3 amide bonds. The molecule has 0 aliphatic heterocycles. The Bertz CT molecular complexity index is 327. The second-order valence-corrected chi connectivity index (χ2v) is 4.47. The quantitative estimate of drug-likeness (QED) is 0.455. The van der Waals surface area contributed by atoms with E-state index in [4.69, 9.17) is 5.73 Å². The maximum atomic E-state index is 11.5. The van der Waals surface area contributed by atoms with Crippen molar-refractivity contribution in [1.82, 2.24) is 10.6 Å². The van der Waals surface area contributed by atoms with Crippen LogP contribution in [0.5, 0.6) is 0 Å². The minimum Gasteiger partial charge on any atom is -0.481 e. The molecular weight excluding hydrogens is 250 g/mol. The van der Waals surface area contributed by atoms with Gasteiger partial charge in [0.25, 0.3) is 0 Å². The van der Waals surface area contributed by atoms with Gasteiger partial charge in [0, 0.05) is 19.5 Å². The van der Waals surface area contributed by atoms with Gasteiger partial charge in [-0.25, -0.2) is 4.79 Å². The van der Waals surface area contributed by atoms with Crippen LogP contribution in [0.15, 0.2) is 0 Å². The summed E-state index contributed by atoms with van der Waals surface area (Å²) in [5.74, 6) is -1.32. The van der Waals surface area contributed by atoms with Crippen molar-refractivity contribution in [2.45, 2.75) is 39.5 Å². The van der Waals surface area contributed by atoms with E-state index in [1.807, 2.05) is 0 Å². The van der Waals surface area contributed by atoms with Crippen LogP contribution in [0.4, 0.5) is 4.79 Å². The fraction of sp³-hybridized carbons (Fsp3) is 0.750. The predicted molar refractivity (Wildman–Crippen MR) is 70.5 cm³/mol. The minimum atomic E-state index is -0.926. The molecule has 0 aromatic carbocycles. The molecule has 0 heterocycles. The highest BCUT2D eigenvalue weighted by Crippen LogP contribution is 2.25. The van der Waals surface area contributed by atoms with Gasteiger partial charge in [0.05, 0.1) is 5.41 Å². The van der Waals surface area contributed by atoms with Crippen molar-refractivity contribution >= 4 is 17.9 Å². The highest BCUT2D eigenvalue weighted by atomic mass is 16.4. The first kappa shape index (κ1) is 17.2. The summed E-state index contributed by atoms with van der Waals surface area (Å²) < 4.78 is 0. The van der Waals surface area contributed by atoms with Gasteiger partial charge in [-0.1, -0.05) is 13.8 Å². The van der Waals surface area contributed by atoms with E-state index in [0.29, 0.717) is 25.8 Å². The summed E-state index contributed by atoms with van der Waals surface area (Å²) in [4.78, 5) is 33.1. The first-order valence-corrected chi connectivity index (χ1v) is 6.41. The maximum Gasteiger partial charge on any atom is 0.314 e. The van der Waals surface area contributed by atoms with E-state index in [-0.39, 0.29) is 13.0 Å². The zero-order valence-corrected chi connectivity index (χ0v) is 11.5. The van der Waals surface area contributed by atoms with Gasteiger partial charge in [0.15, 0.2) is 0 Å². The average molecular weight is 273 g/mol. The molecule has 0 aliphatic carbocycles. The van der Waals surface area contributed by atoms with Crippen LogP contribution >= 0.6 is 0 Å². The molecule has 7 heteroatoms. The molecule has 0 spiro atoms. The molecule has 110 valence electrons. The zero-order valence-electron chi connectivity index (χ0n) is 11.5. The third-order valence-electron chi connectivity index (χ3n) is 3.28. The van der Waals surface area contributed by atoms with Crippen LogP contribution in [-0.2, 0) is 9.59 Å². The third-order valence-corrected chi connectivity index (χ3v) is 3.28. The van der Waals surface area contributed by atoms with E-state index < -0.39 is 23.3 Å². The van der Waals surface area contributed by atoms with Gasteiger partial charge in [0.1, 0.15) is 0 Å². The summed E-state index contributed by atoms with van der Waals surface area (Å²) in [6, 6.07) is -0.433. The number of aliphatic carboxylic acids is 1. The largest absolute Gasteiger partial charge is 0.481 e. The van der Waals surface area contributed by atoms with E-state index in [2.05, 4.69) is 10.6 Å². The Morgan fingerprint density at radius 2 is 1.74 bits per heavy atom. The second kappa shape index (κ2) is 8.34. The number of rotatable bonds is 9. The maximum absolute atomic E-state index is 11.5.